The summed E-state index contributed by atoms with van der Waals surface area (Å²) in [5.41, 5.74) is 0.836. The van der Waals surface area contributed by atoms with Crippen molar-refractivity contribution in [2.24, 2.45) is 0 Å². The van der Waals surface area contributed by atoms with E-state index in [2.05, 4.69) is 50.2 Å². The predicted molar refractivity (Wildman–Crippen MR) is 90.5 cm³/mol. The molecule has 3 heteroatoms. The van der Waals surface area contributed by atoms with Crippen LogP contribution in [0.15, 0.2) is 30.3 Å². The summed E-state index contributed by atoms with van der Waals surface area (Å²) in [4.78, 5) is 2.42. The summed E-state index contributed by atoms with van der Waals surface area (Å²) in [5, 5.41) is 13.6. The lowest BCUT2D eigenvalue weighted by molar-refractivity contribution is 0.126. The Hall–Kier alpha value is -0.900. The summed E-state index contributed by atoms with van der Waals surface area (Å²) < 4.78 is 0. The predicted octanol–water partition coefficient (Wildman–Crippen LogP) is 2.99. The topological polar surface area (TPSA) is 35.5 Å². The Bertz CT molecular complexity index is 378. The first-order valence-corrected chi connectivity index (χ1v) is 8.25. The first-order valence-electron chi connectivity index (χ1n) is 8.25. The quantitative estimate of drug-likeness (QED) is 0.696. The van der Waals surface area contributed by atoms with Gasteiger partial charge >= 0.3 is 0 Å². The van der Waals surface area contributed by atoms with E-state index in [0.717, 1.165) is 19.5 Å². The first-order chi connectivity index (χ1) is 10.1. The molecule has 21 heavy (non-hydrogen) atoms. The van der Waals surface area contributed by atoms with Crippen LogP contribution in [0.3, 0.4) is 0 Å². The molecule has 1 rings (SSSR count). The van der Waals surface area contributed by atoms with E-state index in [4.69, 9.17) is 0 Å². The van der Waals surface area contributed by atoms with Gasteiger partial charge < -0.3 is 15.3 Å². The number of rotatable bonds is 10. The molecule has 1 unspecified atom stereocenters. The molecule has 1 aromatic carbocycles. The van der Waals surface area contributed by atoms with Crippen molar-refractivity contribution in [3.63, 3.8) is 0 Å². The molecule has 0 aromatic heterocycles. The highest BCUT2D eigenvalue weighted by atomic mass is 16.3. The van der Waals surface area contributed by atoms with Crippen LogP contribution < -0.4 is 5.32 Å². The second-order valence-corrected chi connectivity index (χ2v) is 5.84. The summed E-state index contributed by atoms with van der Waals surface area (Å²) in [6.07, 6.45) is 3.26. The Kier molecular flexibility index (Phi) is 7.94. The zero-order valence-corrected chi connectivity index (χ0v) is 14.1. The van der Waals surface area contributed by atoms with Gasteiger partial charge in [-0.15, -0.1) is 0 Å². The third-order valence-corrected chi connectivity index (χ3v) is 4.57. The fourth-order valence-electron chi connectivity index (χ4n) is 3.12. The van der Waals surface area contributed by atoms with E-state index in [1.54, 1.807) is 0 Å². The van der Waals surface area contributed by atoms with Crippen molar-refractivity contribution in [3.05, 3.63) is 35.9 Å². The van der Waals surface area contributed by atoms with Crippen molar-refractivity contribution in [1.29, 1.82) is 0 Å². The SMILES string of the molecule is CCNC(CO)(CCN(C)C(CC)CC)c1ccccc1. The number of hydrogen-bond acceptors (Lipinski definition) is 3. The van der Waals surface area contributed by atoms with E-state index >= 15 is 0 Å². The lowest BCUT2D eigenvalue weighted by atomic mass is 9.86. The van der Waals surface area contributed by atoms with Crippen molar-refractivity contribution in [3.8, 4) is 0 Å². The summed E-state index contributed by atoms with van der Waals surface area (Å²) >= 11 is 0. The Morgan fingerprint density at radius 1 is 1.14 bits per heavy atom. The lowest BCUT2D eigenvalue weighted by Crippen LogP contribution is -2.48. The van der Waals surface area contributed by atoms with Gasteiger partial charge in [0.05, 0.1) is 12.1 Å². The van der Waals surface area contributed by atoms with Crippen molar-refractivity contribution in [2.45, 2.75) is 51.6 Å². The Balaban J connectivity index is 2.84. The summed E-state index contributed by atoms with van der Waals surface area (Å²) in [6, 6.07) is 10.9. The summed E-state index contributed by atoms with van der Waals surface area (Å²) in [7, 11) is 2.19. The molecule has 0 aliphatic carbocycles. The monoisotopic (exact) mass is 292 g/mol. The first kappa shape index (κ1) is 18.1. The molecule has 120 valence electrons. The van der Waals surface area contributed by atoms with Crippen LogP contribution in [0.5, 0.6) is 0 Å². The largest absolute Gasteiger partial charge is 0.394 e. The van der Waals surface area contributed by atoms with Crippen LogP contribution in [-0.4, -0.2) is 42.8 Å². The van der Waals surface area contributed by atoms with E-state index in [0.29, 0.717) is 6.04 Å². The van der Waals surface area contributed by atoms with E-state index in [9.17, 15) is 5.11 Å². The molecule has 0 aliphatic heterocycles. The number of aliphatic hydroxyl groups excluding tert-OH is 1. The highest BCUT2D eigenvalue weighted by Crippen LogP contribution is 2.25. The van der Waals surface area contributed by atoms with Gasteiger partial charge in [-0.3, -0.25) is 0 Å². The number of benzene rings is 1. The van der Waals surface area contributed by atoms with Gasteiger partial charge in [0.2, 0.25) is 0 Å². The van der Waals surface area contributed by atoms with Crippen molar-refractivity contribution >= 4 is 0 Å². The fourth-order valence-corrected chi connectivity index (χ4v) is 3.12. The molecule has 0 heterocycles. The van der Waals surface area contributed by atoms with Crippen LogP contribution in [0.2, 0.25) is 0 Å². The van der Waals surface area contributed by atoms with Gasteiger partial charge in [0.15, 0.2) is 0 Å². The molecular formula is C18H32N2O. The zero-order valence-electron chi connectivity index (χ0n) is 14.1. The molecular weight excluding hydrogens is 260 g/mol. The number of likely N-dealkylation sites (N-methyl/N-ethyl adjacent to an activating group) is 1. The minimum absolute atomic E-state index is 0.127. The fraction of sp³-hybridized carbons (Fsp3) is 0.667. The highest BCUT2D eigenvalue weighted by molar-refractivity contribution is 5.24. The number of hydrogen-bond donors (Lipinski definition) is 2. The molecule has 0 spiro atoms. The third-order valence-electron chi connectivity index (χ3n) is 4.57. The van der Waals surface area contributed by atoms with E-state index in [1.807, 2.05) is 18.2 Å². The normalized spacial score (nSPS) is 14.6. The van der Waals surface area contributed by atoms with E-state index in [1.165, 1.54) is 18.4 Å². The van der Waals surface area contributed by atoms with Gasteiger partial charge in [0.1, 0.15) is 0 Å². The zero-order chi connectivity index (χ0) is 15.7. The van der Waals surface area contributed by atoms with Gasteiger partial charge in [-0.2, -0.15) is 0 Å². The van der Waals surface area contributed by atoms with E-state index < -0.39 is 0 Å². The summed E-state index contributed by atoms with van der Waals surface area (Å²) in [5.74, 6) is 0. The Morgan fingerprint density at radius 2 is 1.76 bits per heavy atom. The maximum atomic E-state index is 10.0. The Morgan fingerprint density at radius 3 is 2.24 bits per heavy atom. The molecule has 2 N–H and O–H groups in total. The molecule has 0 aliphatic rings. The van der Waals surface area contributed by atoms with Crippen molar-refractivity contribution in [2.75, 3.05) is 26.7 Å². The maximum Gasteiger partial charge on any atom is 0.0681 e. The molecule has 1 aromatic rings. The highest BCUT2D eigenvalue weighted by Gasteiger charge is 2.30. The molecule has 0 saturated carbocycles. The average molecular weight is 292 g/mol. The maximum absolute atomic E-state index is 10.0. The van der Waals surface area contributed by atoms with Crippen LogP contribution in [0.4, 0.5) is 0 Å². The van der Waals surface area contributed by atoms with Crippen LogP contribution >= 0.6 is 0 Å². The lowest BCUT2D eigenvalue weighted by Gasteiger charge is -2.36. The van der Waals surface area contributed by atoms with Crippen LogP contribution in [0, 0.1) is 0 Å². The van der Waals surface area contributed by atoms with Gasteiger partial charge in [-0.25, -0.2) is 0 Å². The van der Waals surface area contributed by atoms with Crippen LogP contribution in [0.25, 0.3) is 0 Å². The average Bonchev–Trinajstić information content (AvgIpc) is 2.53. The van der Waals surface area contributed by atoms with Gasteiger partial charge in [0.25, 0.3) is 0 Å². The van der Waals surface area contributed by atoms with Crippen LogP contribution in [0.1, 0.15) is 45.6 Å². The minimum Gasteiger partial charge on any atom is -0.394 e. The molecule has 0 fully saturated rings. The minimum atomic E-state index is -0.337. The van der Waals surface area contributed by atoms with Gasteiger partial charge in [0, 0.05) is 12.6 Å². The van der Waals surface area contributed by atoms with Gasteiger partial charge in [-0.05, 0) is 38.4 Å². The number of aliphatic hydroxyl groups is 1. The molecule has 3 nitrogen and oxygen atoms in total. The van der Waals surface area contributed by atoms with Crippen LogP contribution in [-0.2, 0) is 5.54 Å². The number of nitrogens with zero attached hydrogens (tertiary/aromatic N) is 1. The molecule has 0 radical (unpaired) electrons. The van der Waals surface area contributed by atoms with E-state index in [-0.39, 0.29) is 12.1 Å². The number of nitrogens with one attached hydrogen (secondary N) is 1. The summed E-state index contributed by atoms with van der Waals surface area (Å²) in [6.45, 7) is 8.54. The Labute approximate surface area is 130 Å². The second kappa shape index (κ2) is 9.19. The standard InChI is InChI=1S/C18H32N2O/c1-5-17(6-2)20(4)14-13-18(15-21,19-7-3)16-11-9-8-10-12-16/h8-12,17,19,21H,5-7,13-15H2,1-4H3. The van der Waals surface area contributed by atoms with Crippen molar-refractivity contribution < 1.29 is 5.11 Å². The molecule has 1 atom stereocenters. The molecule has 0 amide bonds. The second-order valence-electron chi connectivity index (χ2n) is 5.84. The smallest absolute Gasteiger partial charge is 0.0681 e. The molecule has 0 saturated heterocycles. The van der Waals surface area contributed by atoms with Crippen molar-refractivity contribution in [1.82, 2.24) is 10.2 Å². The third kappa shape index (κ3) is 4.80. The molecule has 0 bridgehead atoms. The van der Waals surface area contributed by atoms with Gasteiger partial charge in [-0.1, -0.05) is 51.1 Å².